The van der Waals surface area contributed by atoms with Crippen LogP contribution in [-0.2, 0) is 6.54 Å². The summed E-state index contributed by atoms with van der Waals surface area (Å²) in [5.74, 6) is 0. The van der Waals surface area contributed by atoms with Gasteiger partial charge in [0.05, 0.1) is 0 Å². The fourth-order valence-corrected chi connectivity index (χ4v) is 4.24. The van der Waals surface area contributed by atoms with Gasteiger partial charge < -0.3 is 9.80 Å². The molecule has 1 aromatic rings. The van der Waals surface area contributed by atoms with Gasteiger partial charge in [0.15, 0.2) is 0 Å². The van der Waals surface area contributed by atoms with Gasteiger partial charge >= 0.3 is 0 Å². The third kappa shape index (κ3) is 8.71. The van der Waals surface area contributed by atoms with E-state index in [1.807, 2.05) is 0 Å². The van der Waals surface area contributed by atoms with Crippen LogP contribution in [0.5, 0.6) is 0 Å². The molecule has 2 rings (SSSR count). The molecule has 1 aliphatic heterocycles. The molecule has 1 heterocycles. The lowest BCUT2D eigenvalue weighted by molar-refractivity contribution is 0.133. The van der Waals surface area contributed by atoms with Gasteiger partial charge in [0.1, 0.15) is 6.17 Å². The lowest BCUT2D eigenvalue weighted by Crippen LogP contribution is -2.38. The number of hydrogen-bond donors (Lipinski definition) is 0. The van der Waals surface area contributed by atoms with Gasteiger partial charge in [-0.15, -0.1) is 0 Å². The van der Waals surface area contributed by atoms with E-state index in [1.165, 1.54) is 95.6 Å². The summed E-state index contributed by atoms with van der Waals surface area (Å²) in [7, 11) is 0. The Morgan fingerprint density at radius 1 is 0.643 bits per heavy atom. The minimum Gasteiger partial charge on any atom is -0.356 e. The van der Waals surface area contributed by atoms with E-state index in [9.17, 15) is 0 Å². The van der Waals surface area contributed by atoms with Crippen molar-refractivity contribution in [3.63, 3.8) is 0 Å². The summed E-state index contributed by atoms with van der Waals surface area (Å²) in [5.41, 5.74) is 1.41. The molecule has 1 atom stereocenters. The Kier molecular flexibility index (Phi) is 11.9. The van der Waals surface area contributed by atoms with E-state index in [4.69, 9.17) is 0 Å². The van der Waals surface area contributed by atoms with Crippen molar-refractivity contribution in [3.05, 3.63) is 48.3 Å². The first kappa shape index (κ1) is 22.8. The number of rotatable bonds is 16. The smallest absolute Gasteiger partial charge is 0.101 e. The summed E-state index contributed by atoms with van der Waals surface area (Å²) < 4.78 is 0. The third-order valence-electron chi connectivity index (χ3n) is 6.01. The molecule has 2 heteroatoms. The van der Waals surface area contributed by atoms with Gasteiger partial charge in [0, 0.05) is 25.5 Å². The second kappa shape index (κ2) is 14.5. The van der Waals surface area contributed by atoms with Gasteiger partial charge in [-0.05, 0) is 24.8 Å². The standard InChI is InChI=1S/C26H44N2/c1-3-5-7-8-9-10-11-12-13-17-21-27-22-23-28(26(27)20-6-4-2)24-25-18-15-14-16-19-25/h14-16,18-19,22-23,26H,3-13,17,20-21,24H2,1-2H3. The van der Waals surface area contributed by atoms with E-state index in [1.54, 1.807) is 0 Å². The predicted octanol–water partition coefficient (Wildman–Crippen LogP) is 7.71. The van der Waals surface area contributed by atoms with Gasteiger partial charge in [0.25, 0.3) is 0 Å². The van der Waals surface area contributed by atoms with Gasteiger partial charge in [0.2, 0.25) is 0 Å². The van der Waals surface area contributed by atoms with Crippen LogP contribution in [0.4, 0.5) is 0 Å². The monoisotopic (exact) mass is 384 g/mol. The molecular formula is C26H44N2. The molecule has 0 radical (unpaired) electrons. The first-order valence-corrected chi connectivity index (χ1v) is 12.1. The Labute approximate surface area is 175 Å². The molecule has 0 N–H and O–H groups in total. The molecule has 2 nitrogen and oxygen atoms in total. The van der Waals surface area contributed by atoms with Gasteiger partial charge in [-0.3, -0.25) is 0 Å². The molecule has 1 aliphatic rings. The molecule has 28 heavy (non-hydrogen) atoms. The fourth-order valence-electron chi connectivity index (χ4n) is 4.24. The quantitative estimate of drug-likeness (QED) is 0.269. The maximum atomic E-state index is 2.60. The van der Waals surface area contributed by atoms with Gasteiger partial charge in [-0.1, -0.05) is 108 Å². The number of nitrogens with zero attached hydrogens (tertiary/aromatic N) is 2. The van der Waals surface area contributed by atoms with E-state index in [-0.39, 0.29) is 0 Å². The van der Waals surface area contributed by atoms with E-state index >= 15 is 0 Å². The van der Waals surface area contributed by atoms with Gasteiger partial charge in [-0.2, -0.15) is 0 Å². The highest BCUT2D eigenvalue weighted by atomic mass is 15.4. The molecule has 0 aromatic heterocycles. The molecule has 0 bridgehead atoms. The molecule has 158 valence electrons. The highest BCUT2D eigenvalue weighted by Crippen LogP contribution is 2.24. The number of unbranched alkanes of at least 4 members (excludes halogenated alkanes) is 10. The molecule has 0 aliphatic carbocycles. The maximum Gasteiger partial charge on any atom is 0.101 e. The van der Waals surface area contributed by atoms with Crippen molar-refractivity contribution in [1.82, 2.24) is 9.80 Å². The van der Waals surface area contributed by atoms with Crippen molar-refractivity contribution in [3.8, 4) is 0 Å². The van der Waals surface area contributed by atoms with Crippen LogP contribution in [0.2, 0.25) is 0 Å². The normalized spacial score (nSPS) is 16.3. The zero-order chi connectivity index (χ0) is 19.9. The van der Waals surface area contributed by atoms with Crippen molar-refractivity contribution in [2.75, 3.05) is 6.54 Å². The Morgan fingerprint density at radius 2 is 1.21 bits per heavy atom. The zero-order valence-corrected chi connectivity index (χ0v) is 18.6. The van der Waals surface area contributed by atoms with Crippen molar-refractivity contribution >= 4 is 0 Å². The van der Waals surface area contributed by atoms with Crippen LogP contribution in [0.3, 0.4) is 0 Å². The van der Waals surface area contributed by atoms with Crippen LogP contribution in [-0.4, -0.2) is 22.5 Å². The lowest BCUT2D eigenvalue weighted by Gasteiger charge is -2.33. The first-order valence-electron chi connectivity index (χ1n) is 12.1. The Bertz CT molecular complexity index is 510. The van der Waals surface area contributed by atoms with Crippen LogP contribution < -0.4 is 0 Å². The summed E-state index contributed by atoms with van der Waals surface area (Å²) in [5, 5.41) is 0. The molecular weight excluding hydrogens is 340 g/mol. The SMILES string of the molecule is CCCCCCCCCCCCN1C=CN(Cc2ccccc2)C1CCCC. The van der Waals surface area contributed by atoms with Crippen molar-refractivity contribution < 1.29 is 0 Å². The topological polar surface area (TPSA) is 6.48 Å². The molecule has 0 amide bonds. The fraction of sp³-hybridized carbons (Fsp3) is 0.692. The van der Waals surface area contributed by atoms with Crippen LogP contribution in [0.15, 0.2) is 42.7 Å². The third-order valence-corrected chi connectivity index (χ3v) is 6.01. The second-order valence-corrected chi connectivity index (χ2v) is 8.50. The van der Waals surface area contributed by atoms with Crippen LogP contribution in [0, 0.1) is 0 Å². The van der Waals surface area contributed by atoms with E-state index < -0.39 is 0 Å². The summed E-state index contributed by atoms with van der Waals surface area (Å²) in [6, 6.07) is 10.9. The van der Waals surface area contributed by atoms with Crippen molar-refractivity contribution in [1.29, 1.82) is 0 Å². The molecule has 0 fully saturated rings. The number of benzene rings is 1. The first-order chi connectivity index (χ1) is 13.8. The van der Waals surface area contributed by atoms with Gasteiger partial charge in [-0.25, -0.2) is 0 Å². The molecule has 0 spiro atoms. The van der Waals surface area contributed by atoms with Crippen LogP contribution in [0.1, 0.15) is 103 Å². The number of hydrogen-bond acceptors (Lipinski definition) is 2. The largest absolute Gasteiger partial charge is 0.356 e. The summed E-state index contributed by atoms with van der Waals surface area (Å²) in [6.45, 7) is 6.84. The second-order valence-electron chi connectivity index (χ2n) is 8.50. The Hall–Kier alpha value is -1.44. The molecule has 1 aromatic carbocycles. The van der Waals surface area contributed by atoms with E-state index in [0.717, 1.165) is 6.54 Å². The highest BCUT2D eigenvalue weighted by Gasteiger charge is 2.25. The average Bonchev–Trinajstić information content (AvgIpc) is 3.10. The van der Waals surface area contributed by atoms with Crippen molar-refractivity contribution in [2.45, 2.75) is 110 Å². The Morgan fingerprint density at radius 3 is 1.86 bits per heavy atom. The Balaban J connectivity index is 1.64. The zero-order valence-electron chi connectivity index (χ0n) is 18.6. The predicted molar refractivity (Wildman–Crippen MR) is 123 cm³/mol. The minimum atomic E-state index is 0.554. The van der Waals surface area contributed by atoms with Crippen molar-refractivity contribution in [2.24, 2.45) is 0 Å². The molecule has 0 saturated heterocycles. The molecule has 1 unspecified atom stereocenters. The van der Waals surface area contributed by atoms with E-state index in [0.29, 0.717) is 6.17 Å². The minimum absolute atomic E-state index is 0.554. The maximum absolute atomic E-state index is 2.60. The summed E-state index contributed by atoms with van der Waals surface area (Å²) in [4.78, 5) is 5.14. The summed E-state index contributed by atoms with van der Waals surface area (Å²) in [6.07, 6.45) is 23.2. The lowest BCUT2D eigenvalue weighted by atomic mass is 10.1. The van der Waals surface area contributed by atoms with E-state index in [2.05, 4.69) is 66.4 Å². The molecule has 0 saturated carbocycles. The van der Waals surface area contributed by atoms with Crippen LogP contribution in [0.25, 0.3) is 0 Å². The van der Waals surface area contributed by atoms with Crippen LogP contribution >= 0.6 is 0 Å². The highest BCUT2D eigenvalue weighted by molar-refractivity contribution is 5.15. The summed E-state index contributed by atoms with van der Waals surface area (Å²) >= 11 is 0. The average molecular weight is 385 g/mol.